The Hall–Kier alpha value is 0.0600. The molecule has 1 rings (SSSR count). The summed E-state index contributed by atoms with van der Waals surface area (Å²) in [5.74, 6) is 0. The van der Waals surface area contributed by atoms with E-state index in [2.05, 4.69) is 65.2 Å². The summed E-state index contributed by atoms with van der Waals surface area (Å²) in [6.45, 7) is 4.27. The van der Waals surface area contributed by atoms with Crippen LogP contribution in [-0.2, 0) is 0 Å². The van der Waals surface area contributed by atoms with Gasteiger partial charge in [0.2, 0.25) is 0 Å². The van der Waals surface area contributed by atoms with Gasteiger partial charge in [0.15, 0.2) is 0 Å². The summed E-state index contributed by atoms with van der Waals surface area (Å²) in [6, 6.07) is 2.63. The monoisotopic (exact) mass is 333 g/mol. The number of likely N-dealkylation sites (N-methyl/N-ethyl adjacent to an activating group) is 1. The van der Waals surface area contributed by atoms with Gasteiger partial charge in [-0.25, -0.2) is 0 Å². The maximum absolute atomic E-state index is 6.15. The topological polar surface area (TPSA) is 32.5 Å². The van der Waals surface area contributed by atoms with Crippen LogP contribution in [0.5, 0.6) is 0 Å². The van der Waals surface area contributed by atoms with E-state index in [1.165, 1.54) is 11.3 Å². The number of thiophene rings is 1. The minimum absolute atomic E-state index is 0.139. The minimum Gasteiger partial charge on any atom is -0.326 e. The molecule has 0 aliphatic rings. The summed E-state index contributed by atoms with van der Waals surface area (Å²) in [5.41, 5.74) is 6.15. The van der Waals surface area contributed by atoms with Crippen LogP contribution in [0.2, 0.25) is 0 Å². The quantitative estimate of drug-likeness (QED) is 0.832. The number of rotatable bonds is 7. The second kappa shape index (κ2) is 7.60. The molecule has 1 aromatic heterocycles. The highest BCUT2D eigenvalue weighted by Crippen LogP contribution is 2.30. The van der Waals surface area contributed by atoms with Gasteiger partial charge in [-0.05, 0) is 69.6 Å². The van der Waals surface area contributed by atoms with Crippen molar-refractivity contribution in [3.63, 3.8) is 0 Å². The van der Waals surface area contributed by atoms with Gasteiger partial charge in [0.05, 0.1) is 6.04 Å². The number of halogens is 1. The average Bonchev–Trinajstić information content (AvgIpc) is 2.63. The predicted molar refractivity (Wildman–Crippen MR) is 84.2 cm³/mol. The highest BCUT2D eigenvalue weighted by Gasteiger charge is 2.22. The molecule has 0 bridgehead atoms. The molecule has 0 aromatic carbocycles. The van der Waals surface area contributed by atoms with Crippen LogP contribution < -0.4 is 5.73 Å². The summed E-state index contributed by atoms with van der Waals surface area (Å²) in [6.07, 6.45) is 1.17. The Kier molecular flexibility index (Phi) is 6.81. The van der Waals surface area contributed by atoms with Gasteiger partial charge in [-0.1, -0.05) is 0 Å². The lowest BCUT2D eigenvalue weighted by Crippen LogP contribution is -2.37. The van der Waals surface area contributed by atoms with Crippen molar-refractivity contribution < 1.29 is 0 Å². The highest BCUT2D eigenvalue weighted by atomic mass is 79.9. The van der Waals surface area contributed by atoms with Crippen LogP contribution in [0.1, 0.15) is 24.3 Å². The summed E-state index contributed by atoms with van der Waals surface area (Å²) in [5, 5.41) is 2.12. The van der Waals surface area contributed by atoms with Crippen molar-refractivity contribution >= 4 is 27.3 Å². The molecule has 0 spiro atoms. The second-order valence-corrected chi connectivity index (χ2v) is 6.97. The molecule has 1 aromatic rings. The normalized spacial score (nSPS) is 15.3. The third kappa shape index (κ3) is 4.97. The molecule has 5 heteroatoms. The fourth-order valence-corrected chi connectivity index (χ4v) is 3.86. The van der Waals surface area contributed by atoms with Crippen molar-refractivity contribution in [2.45, 2.75) is 25.4 Å². The van der Waals surface area contributed by atoms with Gasteiger partial charge in [0, 0.05) is 20.8 Å². The van der Waals surface area contributed by atoms with E-state index >= 15 is 0 Å². The molecule has 2 atom stereocenters. The second-order valence-electron chi connectivity index (χ2n) is 5.11. The number of nitrogens with two attached hydrogens (primary N) is 1. The molecule has 0 aliphatic heterocycles. The summed E-state index contributed by atoms with van der Waals surface area (Å²) in [7, 11) is 6.39. The van der Waals surface area contributed by atoms with Crippen molar-refractivity contribution in [1.29, 1.82) is 0 Å². The largest absolute Gasteiger partial charge is 0.326 e. The van der Waals surface area contributed by atoms with Gasteiger partial charge < -0.3 is 10.6 Å². The Balaban J connectivity index is 2.61. The van der Waals surface area contributed by atoms with Crippen LogP contribution >= 0.6 is 27.3 Å². The molecule has 0 saturated carbocycles. The number of nitrogens with zero attached hydrogens (tertiary/aromatic N) is 2. The molecule has 0 amide bonds. The Labute approximate surface area is 123 Å². The van der Waals surface area contributed by atoms with Gasteiger partial charge in [-0.3, -0.25) is 4.90 Å². The third-order valence-corrected chi connectivity index (χ3v) is 4.73. The van der Waals surface area contributed by atoms with E-state index < -0.39 is 0 Å². The summed E-state index contributed by atoms with van der Waals surface area (Å²) in [4.78, 5) is 5.92. The van der Waals surface area contributed by atoms with E-state index in [1.807, 2.05) is 0 Å². The van der Waals surface area contributed by atoms with Gasteiger partial charge in [0.1, 0.15) is 0 Å². The summed E-state index contributed by atoms with van der Waals surface area (Å²) < 4.78 is 1.15. The van der Waals surface area contributed by atoms with E-state index in [9.17, 15) is 0 Å². The van der Waals surface area contributed by atoms with Crippen LogP contribution in [-0.4, -0.2) is 50.1 Å². The van der Waals surface area contributed by atoms with E-state index in [-0.39, 0.29) is 6.04 Å². The minimum atomic E-state index is 0.139. The van der Waals surface area contributed by atoms with Crippen LogP contribution in [0.3, 0.4) is 0 Å². The molecule has 0 fully saturated rings. The SMILES string of the molecule is CC(N)C(c1cc(Br)cs1)N(C)CCCN(C)C. The molecule has 0 aliphatic carbocycles. The van der Waals surface area contributed by atoms with E-state index in [1.54, 1.807) is 11.3 Å². The lowest BCUT2D eigenvalue weighted by atomic mass is 10.1. The van der Waals surface area contributed by atoms with Crippen molar-refractivity contribution in [3.05, 3.63) is 20.8 Å². The number of hydrogen-bond acceptors (Lipinski definition) is 4. The van der Waals surface area contributed by atoms with E-state index in [4.69, 9.17) is 5.73 Å². The zero-order valence-corrected chi connectivity index (χ0v) is 14.1. The van der Waals surface area contributed by atoms with E-state index in [0.717, 1.165) is 17.6 Å². The fraction of sp³-hybridized carbons (Fsp3) is 0.692. The van der Waals surface area contributed by atoms with Gasteiger partial charge in [-0.2, -0.15) is 0 Å². The van der Waals surface area contributed by atoms with Gasteiger partial charge in [-0.15, -0.1) is 11.3 Å². The molecule has 18 heavy (non-hydrogen) atoms. The molecule has 1 heterocycles. The van der Waals surface area contributed by atoms with Crippen LogP contribution in [0.15, 0.2) is 15.9 Å². The van der Waals surface area contributed by atoms with Crippen molar-refractivity contribution in [3.8, 4) is 0 Å². The Morgan fingerprint density at radius 2 is 2.00 bits per heavy atom. The van der Waals surface area contributed by atoms with Crippen molar-refractivity contribution in [1.82, 2.24) is 9.80 Å². The lowest BCUT2D eigenvalue weighted by Gasteiger charge is -2.30. The van der Waals surface area contributed by atoms with Crippen LogP contribution in [0.25, 0.3) is 0 Å². The molecular weight excluding hydrogens is 310 g/mol. The smallest absolute Gasteiger partial charge is 0.0588 e. The Bertz CT molecular complexity index is 352. The van der Waals surface area contributed by atoms with Crippen molar-refractivity contribution in [2.24, 2.45) is 5.73 Å². The maximum atomic E-state index is 6.15. The lowest BCUT2D eigenvalue weighted by molar-refractivity contribution is 0.211. The van der Waals surface area contributed by atoms with E-state index in [0.29, 0.717) is 6.04 Å². The standard InChI is InChI=1S/C13H24BrN3S/c1-10(15)13(12-8-11(14)9-18-12)17(4)7-5-6-16(2)3/h8-10,13H,5-7,15H2,1-4H3. The Morgan fingerprint density at radius 3 is 2.44 bits per heavy atom. The Morgan fingerprint density at radius 1 is 1.33 bits per heavy atom. The van der Waals surface area contributed by atoms with Crippen LogP contribution in [0.4, 0.5) is 0 Å². The van der Waals surface area contributed by atoms with Gasteiger partial charge in [0.25, 0.3) is 0 Å². The fourth-order valence-electron chi connectivity index (χ4n) is 2.14. The first kappa shape index (κ1) is 16.1. The predicted octanol–water partition coefficient (Wildman–Crippen LogP) is 2.78. The molecule has 0 saturated heterocycles. The first-order valence-corrected chi connectivity index (χ1v) is 7.93. The zero-order valence-electron chi connectivity index (χ0n) is 11.7. The maximum Gasteiger partial charge on any atom is 0.0588 e. The van der Waals surface area contributed by atoms with Crippen molar-refractivity contribution in [2.75, 3.05) is 34.2 Å². The molecular formula is C13H24BrN3S. The molecule has 2 N–H and O–H groups in total. The van der Waals surface area contributed by atoms with Crippen LogP contribution in [0, 0.1) is 0 Å². The zero-order chi connectivity index (χ0) is 13.7. The van der Waals surface area contributed by atoms with Gasteiger partial charge >= 0.3 is 0 Å². The third-order valence-electron chi connectivity index (χ3n) is 2.97. The average molecular weight is 334 g/mol. The highest BCUT2D eigenvalue weighted by molar-refractivity contribution is 9.10. The molecule has 3 nitrogen and oxygen atoms in total. The molecule has 104 valence electrons. The number of hydrogen-bond donors (Lipinski definition) is 1. The first-order valence-electron chi connectivity index (χ1n) is 6.26. The molecule has 2 unspecified atom stereocenters. The first-order chi connectivity index (χ1) is 8.41. The molecule has 0 radical (unpaired) electrons. The summed E-state index contributed by atoms with van der Waals surface area (Å²) >= 11 is 5.29.